The van der Waals surface area contributed by atoms with Crippen LogP contribution in [0.25, 0.3) is 0 Å². The Hall–Kier alpha value is -2.77. The lowest BCUT2D eigenvalue weighted by molar-refractivity contribution is -0.130. The molecule has 3 aromatic carbocycles. The first-order chi connectivity index (χ1) is 24.5. The summed E-state index contributed by atoms with van der Waals surface area (Å²) in [6.07, 6.45) is 1.76. The summed E-state index contributed by atoms with van der Waals surface area (Å²) in [4.78, 5) is 0. The van der Waals surface area contributed by atoms with Gasteiger partial charge < -0.3 is 18.7 Å². The fourth-order valence-electron chi connectivity index (χ4n) is 8.22. The molecule has 0 saturated heterocycles. The molecule has 1 aliphatic rings. The molecule has 52 heavy (non-hydrogen) atoms. The minimum Gasteiger partial charge on any atom is -0.411 e. The first kappa shape index (κ1) is 42.0. The highest BCUT2D eigenvalue weighted by Gasteiger charge is 2.59. The smallest absolute Gasteiger partial charge is 0.200 e. The summed E-state index contributed by atoms with van der Waals surface area (Å²) in [7, 11) is -4.49. The number of ether oxygens (including phenoxy) is 1. The molecule has 4 rings (SSSR count). The van der Waals surface area contributed by atoms with Crippen molar-refractivity contribution in [2.75, 3.05) is 6.61 Å². The van der Waals surface area contributed by atoms with Gasteiger partial charge in [0.1, 0.15) is 5.60 Å². The predicted molar refractivity (Wildman–Crippen MR) is 223 cm³/mol. The van der Waals surface area contributed by atoms with E-state index in [2.05, 4.69) is 185 Å². The van der Waals surface area contributed by atoms with Crippen molar-refractivity contribution in [1.82, 2.24) is 0 Å². The van der Waals surface area contributed by atoms with Crippen LogP contribution in [0.1, 0.15) is 91.8 Å². The van der Waals surface area contributed by atoms with Crippen LogP contribution in [-0.2, 0) is 19.2 Å². The minimum atomic E-state index is -2.29. The molecule has 0 amide bonds. The van der Waals surface area contributed by atoms with Gasteiger partial charge >= 0.3 is 0 Å². The maximum Gasteiger partial charge on any atom is 0.200 e. The third kappa shape index (κ3) is 8.78. The van der Waals surface area contributed by atoms with Crippen molar-refractivity contribution in [1.29, 1.82) is 0 Å². The van der Waals surface area contributed by atoms with Gasteiger partial charge in [-0.2, -0.15) is 0 Å². The van der Waals surface area contributed by atoms with E-state index in [1.165, 1.54) is 0 Å². The number of benzene rings is 3. The van der Waals surface area contributed by atoms with Gasteiger partial charge in [-0.25, -0.2) is 0 Å². The average molecular weight is 739 g/mol. The van der Waals surface area contributed by atoms with Gasteiger partial charge in [0.2, 0.25) is 8.32 Å². The van der Waals surface area contributed by atoms with Crippen molar-refractivity contribution < 1.29 is 18.7 Å². The molecule has 0 radical (unpaired) electrons. The van der Waals surface area contributed by atoms with Crippen molar-refractivity contribution in [2.45, 2.75) is 134 Å². The Balaban J connectivity index is 1.80. The van der Waals surface area contributed by atoms with Crippen molar-refractivity contribution in [3.8, 4) is 11.8 Å². The second-order valence-corrected chi connectivity index (χ2v) is 27.3. The zero-order valence-electron chi connectivity index (χ0n) is 33.9. The number of aliphatic hydroxyl groups excluding tert-OH is 1. The lowest BCUT2D eigenvalue weighted by atomic mass is 9.67. The molecule has 4 nitrogen and oxygen atoms in total. The lowest BCUT2D eigenvalue weighted by Crippen LogP contribution is -2.66. The molecule has 6 heteroatoms. The summed E-state index contributed by atoms with van der Waals surface area (Å²) < 4.78 is 22.4. The molecule has 0 unspecified atom stereocenters. The maximum absolute atomic E-state index is 10.4. The fraction of sp³-hybridized carbons (Fsp3) is 0.522. The van der Waals surface area contributed by atoms with Crippen molar-refractivity contribution in [2.24, 2.45) is 11.8 Å². The first-order valence-electron chi connectivity index (χ1n) is 19.5. The molecule has 282 valence electrons. The summed E-state index contributed by atoms with van der Waals surface area (Å²) >= 11 is 0. The molecule has 5 atom stereocenters. The molecule has 1 saturated carbocycles. The SMILES string of the molecule is C=C[C@@H](O)CC#C[C@@H]1[C@@H](CCOC(c2ccccc2)(c2ccccc2)c2ccccc2)[C@@H](O[Si](C)(C)C(C)(C)C)[C@@H]1O[Si](C(C)C)(C(C)C)C(C)C. The maximum atomic E-state index is 10.4. The quantitative estimate of drug-likeness (QED) is 0.0688. The van der Waals surface area contributed by atoms with Crippen LogP contribution >= 0.6 is 0 Å². The summed E-state index contributed by atoms with van der Waals surface area (Å²) in [5.41, 5.74) is 3.77. The summed E-state index contributed by atoms with van der Waals surface area (Å²) in [6, 6.07) is 31.7. The molecule has 1 fully saturated rings. The molecule has 0 heterocycles. The molecule has 0 aliphatic heterocycles. The Morgan fingerprint density at radius 3 is 1.56 bits per heavy atom. The second-order valence-electron chi connectivity index (χ2n) is 17.2. The van der Waals surface area contributed by atoms with E-state index in [1.807, 2.05) is 0 Å². The molecular formula is C46H66O4Si2. The number of rotatable bonds is 16. The normalized spacial score (nSPS) is 20.4. The van der Waals surface area contributed by atoms with Gasteiger partial charge in [-0.1, -0.05) is 171 Å². The van der Waals surface area contributed by atoms with E-state index in [9.17, 15) is 5.11 Å². The highest BCUT2D eigenvalue weighted by Crippen LogP contribution is 2.52. The Kier molecular flexibility index (Phi) is 14.2. The van der Waals surface area contributed by atoms with Crippen LogP contribution in [0.5, 0.6) is 0 Å². The molecule has 0 aromatic heterocycles. The second kappa shape index (κ2) is 17.6. The van der Waals surface area contributed by atoms with Gasteiger partial charge in [-0.3, -0.25) is 0 Å². The molecule has 3 aromatic rings. The highest BCUT2D eigenvalue weighted by molar-refractivity contribution is 6.77. The minimum absolute atomic E-state index is 0.0369. The number of hydrogen-bond acceptors (Lipinski definition) is 4. The van der Waals surface area contributed by atoms with E-state index in [0.29, 0.717) is 29.7 Å². The van der Waals surface area contributed by atoms with Gasteiger partial charge in [0.15, 0.2) is 8.32 Å². The summed E-state index contributed by atoms with van der Waals surface area (Å²) in [5, 5.41) is 10.4. The van der Waals surface area contributed by atoms with Crippen molar-refractivity contribution in [3.05, 3.63) is 120 Å². The van der Waals surface area contributed by atoms with Crippen LogP contribution in [0.15, 0.2) is 104 Å². The number of aliphatic hydroxyl groups is 1. The highest BCUT2D eigenvalue weighted by atomic mass is 28.4. The van der Waals surface area contributed by atoms with Gasteiger partial charge in [0.25, 0.3) is 0 Å². The first-order valence-corrected chi connectivity index (χ1v) is 24.5. The Morgan fingerprint density at radius 2 is 1.17 bits per heavy atom. The topological polar surface area (TPSA) is 47.9 Å². The van der Waals surface area contributed by atoms with Crippen LogP contribution < -0.4 is 0 Å². The third-order valence-electron chi connectivity index (χ3n) is 12.0. The van der Waals surface area contributed by atoms with E-state index in [-0.39, 0.29) is 29.1 Å². The van der Waals surface area contributed by atoms with Crippen molar-refractivity contribution in [3.63, 3.8) is 0 Å². The van der Waals surface area contributed by atoms with Gasteiger partial charge in [-0.15, -0.1) is 6.58 Å². The van der Waals surface area contributed by atoms with Crippen LogP contribution in [0.2, 0.25) is 34.8 Å². The standard InChI is InChI=1S/C46H66O4Si2/c1-13-40(47)30-23-31-41-42(43(49-51(11,12)45(8,9)10)44(41)50-52(34(2)3,35(4)5)36(6)7)32-33-48-46(37-24-17-14-18-25-37,38-26-19-15-20-27-38)39-28-21-16-22-29-39/h13-22,24-29,34-36,40-44,47H,1,30,32-33H2,2-12H3/t40-,41-,42-,43-,44-/m1/s1. The van der Waals surface area contributed by atoms with Crippen LogP contribution in [0.4, 0.5) is 0 Å². The molecule has 0 spiro atoms. The summed E-state index contributed by atoms with van der Waals surface area (Å²) in [5.74, 6) is 7.05. The van der Waals surface area contributed by atoms with E-state index in [4.69, 9.17) is 13.6 Å². The predicted octanol–water partition coefficient (Wildman–Crippen LogP) is 11.5. The average Bonchev–Trinajstić information content (AvgIpc) is 3.11. The van der Waals surface area contributed by atoms with E-state index in [0.717, 1.165) is 23.1 Å². The lowest BCUT2D eigenvalue weighted by Gasteiger charge is -2.57. The Labute approximate surface area is 318 Å². The van der Waals surface area contributed by atoms with Crippen LogP contribution in [0.3, 0.4) is 0 Å². The number of hydrogen-bond donors (Lipinski definition) is 1. The van der Waals surface area contributed by atoms with Gasteiger partial charge in [0.05, 0.1) is 24.2 Å². The monoisotopic (exact) mass is 738 g/mol. The van der Waals surface area contributed by atoms with E-state index < -0.39 is 28.3 Å². The van der Waals surface area contributed by atoms with E-state index in [1.54, 1.807) is 6.08 Å². The zero-order valence-corrected chi connectivity index (χ0v) is 35.9. The largest absolute Gasteiger partial charge is 0.411 e. The third-order valence-corrected chi connectivity index (χ3v) is 22.6. The Bertz CT molecular complexity index is 1480. The van der Waals surface area contributed by atoms with Gasteiger partial charge in [0, 0.05) is 18.9 Å². The molecule has 1 N–H and O–H groups in total. The fourth-order valence-corrected chi connectivity index (χ4v) is 15.1. The van der Waals surface area contributed by atoms with Gasteiger partial charge in [-0.05, 0) is 57.9 Å². The van der Waals surface area contributed by atoms with E-state index >= 15 is 0 Å². The Morgan fingerprint density at radius 1 is 0.731 bits per heavy atom. The summed E-state index contributed by atoms with van der Waals surface area (Å²) in [6.45, 7) is 30.0. The molecule has 1 aliphatic carbocycles. The molecule has 0 bridgehead atoms. The van der Waals surface area contributed by atoms with Crippen LogP contribution in [-0.4, -0.2) is 46.7 Å². The molecular weight excluding hydrogens is 673 g/mol. The van der Waals surface area contributed by atoms with Crippen molar-refractivity contribution >= 4 is 16.6 Å². The van der Waals surface area contributed by atoms with Crippen LogP contribution in [0, 0.1) is 23.7 Å². The zero-order chi connectivity index (χ0) is 38.3.